The Morgan fingerprint density at radius 3 is 2.80 bits per heavy atom. The minimum absolute atomic E-state index is 0.00556. The lowest BCUT2D eigenvalue weighted by Crippen LogP contribution is -1.90. The zero-order chi connectivity index (χ0) is 7.56. The topological polar surface area (TPSA) is 38.0 Å². The SMILES string of the molecule is CCn1cc(CO)nc1Br. The van der Waals surface area contributed by atoms with Crippen LogP contribution >= 0.6 is 15.9 Å². The number of imidazole rings is 1. The second-order valence-electron chi connectivity index (χ2n) is 1.95. The molecule has 0 fully saturated rings. The van der Waals surface area contributed by atoms with Gasteiger partial charge in [0.1, 0.15) is 0 Å². The number of aliphatic hydroxyl groups is 1. The minimum atomic E-state index is 0.00556. The van der Waals surface area contributed by atoms with Gasteiger partial charge in [0.15, 0.2) is 4.73 Å². The monoisotopic (exact) mass is 204 g/mol. The molecule has 0 aliphatic rings. The number of hydrogen-bond acceptors (Lipinski definition) is 2. The Labute approximate surface area is 67.8 Å². The van der Waals surface area contributed by atoms with Crippen LogP contribution < -0.4 is 0 Å². The zero-order valence-electron chi connectivity index (χ0n) is 5.71. The fourth-order valence-electron chi connectivity index (χ4n) is 0.743. The normalized spacial score (nSPS) is 10.3. The number of nitrogens with zero attached hydrogens (tertiary/aromatic N) is 2. The highest BCUT2D eigenvalue weighted by atomic mass is 79.9. The summed E-state index contributed by atoms with van der Waals surface area (Å²) in [6.45, 7) is 2.90. The highest BCUT2D eigenvalue weighted by molar-refractivity contribution is 9.10. The van der Waals surface area contributed by atoms with Gasteiger partial charge in [-0.15, -0.1) is 0 Å². The Hall–Kier alpha value is -0.350. The van der Waals surface area contributed by atoms with Crippen LogP contribution in [0.2, 0.25) is 0 Å². The first kappa shape index (κ1) is 7.75. The second-order valence-corrected chi connectivity index (χ2v) is 2.65. The zero-order valence-corrected chi connectivity index (χ0v) is 7.30. The third-order valence-corrected chi connectivity index (χ3v) is 1.91. The summed E-state index contributed by atoms with van der Waals surface area (Å²) in [4.78, 5) is 4.03. The summed E-state index contributed by atoms with van der Waals surface area (Å²) in [5, 5.41) is 8.67. The van der Waals surface area contributed by atoms with E-state index in [0.717, 1.165) is 11.3 Å². The Balaban J connectivity index is 2.92. The van der Waals surface area contributed by atoms with E-state index in [9.17, 15) is 0 Å². The summed E-state index contributed by atoms with van der Waals surface area (Å²) in [5.41, 5.74) is 0.703. The van der Waals surface area contributed by atoms with Crippen molar-refractivity contribution in [1.29, 1.82) is 0 Å². The lowest BCUT2D eigenvalue weighted by molar-refractivity contribution is 0.277. The van der Waals surface area contributed by atoms with Crippen LogP contribution in [0.25, 0.3) is 0 Å². The predicted octanol–water partition coefficient (Wildman–Crippen LogP) is 1.16. The van der Waals surface area contributed by atoms with Gasteiger partial charge in [0.2, 0.25) is 0 Å². The van der Waals surface area contributed by atoms with E-state index in [0.29, 0.717) is 5.69 Å². The first-order chi connectivity index (χ1) is 4.77. The smallest absolute Gasteiger partial charge is 0.177 e. The maximum absolute atomic E-state index is 8.67. The molecule has 1 heterocycles. The molecule has 0 aliphatic carbocycles. The van der Waals surface area contributed by atoms with Crippen molar-refractivity contribution in [3.8, 4) is 0 Å². The van der Waals surface area contributed by atoms with Crippen molar-refractivity contribution in [1.82, 2.24) is 9.55 Å². The lowest BCUT2D eigenvalue weighted by atomic mass is 10.5. The van der Waals surface area contributed by atoms with E-state index in [-0.39, 0.29) is 6.61 Å². The molecule has 3 nitrogen and oxygen atoms in total. The van der Waals surface area contributed by atoms with Crippen LogP contribution in [-0.4, -0.2) is 14.7 Å². The molecule has 56 valence electrons. The molecule has 0 saturated carbocycles. The first-order valence-electron chi connectivity index (χ1n) is 3.10. The maximum atomic E-state index is 8.67. The number of rotatable bonds is 2. The minimum Gasteiger partial charge on any atom is -0.390 e. The first-order valence-corrected chi connectivity index (χ1v) is 3.89. The van der Waals surface area contributed by atoms with E-state index in [1.807, 2.05) is 17.7 Å². The molecular formula is C6H9BrN2O. The van der Waals surface area contributed by atoms with E-state index < -0.39 is 0 Å². The van der Waals surface area contributed by atoms with Gasteiger partial charge in [-0.3, -0.25) is 0 Å². The molecule has 0 bridgehead atoms. The van der Waals surface area contributed by atoms with Crippen LogP contribution in [0.3, 0.4) is 0 Å². The van der Waals surface area contributed by atoms with Gasteiger partial charge in [-0.1, -0.05) is 0 Å². The standard InChI is InChI=1S/C6H9BrN2O/c1-2-9-3-5(4-10)8-6(9)7/h3,10H,2,4H2,1H3. The van der Waals surface area contributed by atoms with Crippen molar-refractivity contribution in [3.05, 3.63) is 16.6 Å². The van der Waals surface area contributed by atoms with Crippen LogP contribution in [0.5, 0.6) is 0 Å². The quantitative estimate of drug-likeness (QED) is 0.786. The maximum Gasteiger partial charge on any atom is 0.177 e. The number of aryl methyl sites for hydroxylation is 1. The molecule has 0 radical (unpaired) electrons. The van der Waals surface area contributed by atoms with Crippen molar-refractivity contribution < 1.29 is 5.11 Å². The molecule has 0 atom stereocenters. The van der Waals surface area contributed by atoms with Crippen LogP contribution in [0.4, 0.5) is 0 Å². The Bertz CT molecular complexity index is 222. The average molecular weight is 205 g/mol. The number of halogens is 1. The van der Waals surface area contributed by atoms with Crippen LogP contribution in [0.15, 0.2) is 10.9 Å². The Morgan fingerprint density at radius 1 is 1.80 bits per heavy atom. The van der Waals surface area contributed by atoms with Gasteiger partial charge in [-0.2, -0.15) is 0 Å². The van der Waals surface area contributed by atoms with Crippen LogP contribution in [0, 0.1) is 0 Å². The predicted molar refractivity (Wildman–Crippen MR) is 41.5 cm³/mol. The van der Waals surface area contributed by atoms with Crippen molar-refractivity contribution in [2.75, 3.05) is 0 Å². The molecule has 0 aliphatic heterocycles. The Kier molecular flexibility index (Phi) is 2.45. The molecule has 4 heteroatoms. The highest BCUT2D eigenvalue weighted by Crippen LogP contribution is 2.09. The molecule has 0 unspecified atom stereocenters. The van der Waals surface area contributed by atoms with Crippen molar-refractivity contribution in [2.24, 2.45) is 0 Å². The molecule has 1 rings (SSSR count). The van der Waals surface area contributed by atoms with Gasteiger partial charge in [-0.05, 0) is 22.9 Å². The molecule has 0 spiro atoms. The van der Waals surface area contributed by atoms with Gasteiger partial charge < -0.3 is 9.67 Å². The van der Waals surface area contributed by atoms with E-state index in [4.69, 9.17) is 5.11 Å². The molecule has 1 N–H and O–H groups in total. The van der Waals surface area contributed by atoms with Gasteiger partial charge in [0.25, 0.3) is 0 Å². The number of aromatic nitrogens is 2. The summed E-state index contributed by atoms with van der Waals surface area (Å²) in [6, 6.07) is 0. The summed E-state index contributed by atoms with van der Waals surface area (Å²) < 4.78 is 2.70. The van der Waals surface area contributed by atoms with E-state index >= 15 is 0 Å². The van der Waals surface area contributed by atoms with Gasteiger partial charge >= 0.3 is 0 Å². The third-order valence-electron chi connectivity index (χ3n) is 1.28. The molecule has 0 amide bonds. The highest BCUT2D eigenvalue weighted by Gasteiger charge is 2.00. The second kappa shape index (κ2) is 3.16. The number of hydrogen-bond donors (Lipinski definition) is 1. The molecule has 0 saturated heterocycles. The number of aliphatic hydroxyl groups excluding tert-OH is 1. The molecular weight excluding hydrogens is 196 g/mol. The lowest BCUT2D eigenvalue weighted by Gasteiger charge is -1.93. The van der Waals surface area contributed by atoms with E-state index in [2.05, 4.69) is 20.9 Å². The van der Waals surface area contributed by atoms with E-state index in [1.54, 1.807) is 0 Å². The molecule has 1 aromatic rings. The fourth-order valence-corrected chi connectivity index (χ4v) is 1.32. The van der Waals surface area contributed by atoms with Crippen LogP contribution in [0.1, 0.15) is 12.6 Å². The summed E-state index contributed by atoms with van der Waals surface area (Å²) in [5.74, 6) is 0. The van der Waals surface area contributed by atoms with Crippen molar-refractivity contribution >= 4 is 15.9 Å². The molecule has 0 aromatic carbocycles. The molecule has 1 aromatic heterocycles. The summed E-state index contributed by atoms with van der Waals surface area (Å²) in [6.07, 6.45) is 1.82. The third kappa shape index (κ3) is 1.38. The van der Waals surface area contributed by atoms with Crippen molar-refractivity contribution in [2.45, 2.75) is 20.1 Å². The largest absolute Gasteiger partial charge is 0.390 e. The van der Waals surface area contributed by atoms with Gasteiger partial charge in [0, 0.05) is 12.7 Å². The average Bonchev–Trinajstić information content (AvgIpc) is 2.30. The summed E-state index contributed by atoms with van der Waals surface area (Å²) in [7, 11) is 0. The van der Waals surface area contributed by atoms with Crippen LogP contribution in [-0.2, 0) is 13.2 Å². The molecule has 10 heavy (non-hydrogen) atoms. The van der Waals surface area contributed by atoms with Crippen molar-refractivity contribution in [3.63, 3.8) is 0 Å². The fraction of sp³-hybridized carbons (Fsp3) is 0.500. The van der Waals surface area contributed by atoms with Gasteiger partial charge in [-0.25, -0.2) is 4.98 Å². The summed E-state index contributed by atoms with van der Waals surface area (Å²) >= 11 is 3.26. The Morgan fingerprint density at radius 2 is 2.50 bits per heavy atom. The van der Waals surface area contributed by atoms with E-state index in [1.165, 1.54) is 0 Å². The van der Waals surface area contributed by atoms with Gasteiger partial charge in [0.05, 0.1) is 12.3 Å².